The highest BCUT2D eigenvalue weighted by Crippen LogP contribution is 2.11. The van der Waals surface area contributed by atoms with Crippen molar-refractivity contribution in [1.82, 2.24) is 35.3 Å². The molecule has 0 aromatic carbocycles. The molecule has 3 aromatic rings. The summed E-state index contributed by atoms with van der Waals surface area (Å²) in [7, 11) is 0. The van der Waals surface area contributed by atoms with Crippen LogP contribution in [0.1, 0.15) is 5.56 Å². The molecule has 3 heterocycles. The molecule has 19 heavy (non-hydrogen) atoms. The number of hydrogen-bond donors (Lipinski definition) is 0. The van der Waals surface area contributed by atoms with Crippen LogP contribution in [0.25, 0.3) is 23.2 Å². The lowest BCUT2D eigenvalue weighted by atomic mass is 10.3. The highest BCUT2D eigenvalue weighted by atomic mass is 15.3. The number of nitrogens with zero attached hydrogens (tertiary/aromatic N) is 7. The summed E-state index contributed by atoms with van der Waals surface area (Å²) >= 11 is 0. The molecule has 0 aliphatic carbocycles. The quantitative estimate of drug-likeness (QED) is 0.673. The summed E-state index contributed by atoms with van der Waals surface area (Å²) < 4.78 is 0. The molecule has 0 bridgehead atoms. The first-order valence-electron chi connectivity index (χ1n) is 5.61. The van der Waals surface area contributed by atoms with Crippen LogP contribution in [0.4, 0.5) is 0 Å². The van der Waals surface area contributed by atoms with Crippen molar-refractivity contribution in [2.75, 3.05) is 0 Å². The van der Waals surface area contributed by atoms with E-state index in [9.17, 15) is 0 Å². The third-order valence-corrected chi connectivity index (χ3v) is 2.39. The van der Waals surface area contributed by atoms with E-state index in [0.717, 1.165) is 5.56 Å². The second kappa shape index (κ2) is 4.81. The molecule has 0 unspecified atom stereocenters. The molecule has 0 radical (unpaired) electrons. The van der Waals surface area contributed by atoms with Crippen molar-refractivity contribution in [2.45, 2.75) is 6.92 Å². The van der Waals surface area contributed by atoms with Crippen molar-refractivity contribution in [1.29, 1.82) is 0 Å². The molecule has 7 heteroatoms. The van der Waals surface area contributed by atoms with Crippen LogP contribution in [0.15, 0.2) is 36.8 Å². The number of hydrogen-bond acceptors (Lipinski definition) is 7. The maximum atomic E-state index is 4.21. The standard InChI is InChI=1S/C12H9N7/c1-8-3-4-9(15-7-8)10-16-18-12(19-17-10)11-13-5-2-6-14-11/h2-7H,1H3. The predicted molar refractivity (Wildman–Crippen MR) is 66.6 cm³/mol. The van der Waals surface area contributed by atoms with E-state index in [1.807, 2.05) is 19.1 Å². The molecule has 0 atom stereocenters. The average molecular weight is 251 g/mol. The zero-order valence-corrected chi connectivity index (χ0v) is 10.1. The lowest BCUT2D eigenvalue weighted by Gasteiger charge is -1.99. The van der Waals surface area contributed by atoms with Crippen LogP contribution in [0.5, 0.6) is 0 Å². The summed E-state index contributed by atoms with van der Waals surface area (Å²) in [6, 6.07) is 5.47. The molecule has 0 N–H and O–H groups in total. The monoisotopic (exact) mass is 251 g/mol. The van der Waals surface area contributed by atoms with Gasteiger partial charge >= 0.3 is 0 Å². The van der Waals surface area contributed by atoms with E-state index in [1.54, 1.807) is 24.7 Å². The molecular weight excluding hydrogens is 242 g/mol. The average Bonchev–Trinajstić information content (AvgIpc) is 2.49. The van der Waals surface area contributed by atoms with Crippen LogP contribution >= 0.6 is 0 Å². The van der Waals surface area contributed by atoms with Crippen LogP contribution in [0, 0.1) is 6.92 Å². The van der Waals surface area contributed by atoms with Gasteiger partial charge in [-0.3, -0.25) is 4.98 Å². The molecule has 0 fully saturated rings. The Balaban J connectivity index is 1.93. The fourth-order valence-corrected chi connectivity index (χ4v) is 1.44. The first-order valence-corrected chi connectivity index (χ1v) is 5.61. The maximum absolute atomic E-state index is 4.21. The minimum absolute atomic E-state index is 0.288. The third-order valence-electron chi connectivity index (χ3n) is 2.39. The Morgan fingerprint density at radius 3 is 2.05 bits per heavy atom. The number of aryl methyl sites for hydroxylation is 1. The Morgan fingerprint density at radius 1 is 0.737 bits per heavy atom. The number of pyridine rings is 1. The van der Waals surface area contributed by atoms with E-state index in [2.05, 4.69) is 35.3 Å². The zero-order valence-electron chi connectivity index (χ0n) is 10.1. The molecule has 0 saturated carbocycles. The highest BCUT2D eigenvalue weighted by molar-refractivity contribution is 5.48. The summed E-state index contributed by atoms with van der Waals surface area (Å²) in [5.41, 5.74) is 1.70. The molecule has 0 saturated heterocycles. The normalized spacial score (nSPS) is 10.4. The summed E-state index contributed by atoms with van der Waals surface area (Å²) in [6.45, 7) is 1.96. The van der Waals surface area contributed by atoms with Crippen LogP contribution in [-0.4, -0.2) is 35.3 Å². The molecule has 0 spiro atoms. The smallest absolute Gasteiger partial charge is 0.240 e. The largest absolute Gasteiger partial charge is 0.252 e. The minimum Gasteiger partial charge on any atom is -0.252 e. The van der Waals surface area contributed by atoms with Crippen LogP contribution in [0.3, 0.4) is 0 Å². The van der Waals surface area contributed by atoms with Gasteiger partial charge in [0, 0.05) is 18.6 Å². The van der Waals surface area contributed by atoms with E-state index in [-0.39, 0.29) is 5.82 Å². The van der Waals surface area contributed by atoms with Crippen LogP contribution < -0.4 is 0 Å². The molecule has 92 valence electrons. The maximum Gasteiger partial charge on any atom is 0.240 e. The number of rotatable bonds is 2. The highest BCUT2D eigenvalue weighted by Gasteiger charge is 2.08. The number of aromatic nitrogens is 7. The van der Waals surface area contributed by atoms with Gasteiger partial charge in [-0.25, -0.2) is 9.97 Å². The minimum atomic E-state index is 0.288. The summed E-state index contributed by atoms with van der Waals surface area (Å²) in [4.78, 5) is 12.3. The van der Waals surface area contributed by atoms with E-state index >= 15 is 0 Å². The Morgan fingerprint density at radius 2 is 1.42 bits per heavy atom. The van der Waals surface area contributed by atoms with E-state index in [1.165, 1.54) is 0 Å². The van der Waals surface area contributed by atoms with Crippen molar-refractivity contribution in [2.24, 2.45) is 0 Å². The van der Waals surface area contributed by atoms with Crippen LogP contribution in [-0.2, 0) is 0 Å². The van der Waals surface area contributed by atoms with Gasteiger partial charge < -0.3 is 0 Å². The predicted octanol–water partition coefficient (Wildman–Crippen LogP) is 1.09. The van der Waals surface area contributed by atoms with Gasteiger partial charge in [-0.1, -0.05) is 6.07 Å². The SMILES string of the molecule is Cc1ccc(-c2nnc(-c3ncccn3)nn2)nc1. The van der Waals surface area contributed by atoms with Crippen molar-refractivity contribution < 1.29 is 0 Å². The molecule has 0 aliphatic heterocycles. The second-order valence-electron chi connectivity index (χ2n) is 3.84. The van der Waals surface area contributed by atoms with E-state index in [0.29, 0.717) is 17.3 Å². The Kier molecular flexibility index (Phi) is 2.85. The molecule has 3 aromatic heterocycles. The summed E-state index contributed by atoms with van der Waals surface area (Å²) in [5, 5.41) is 15.9. The first kappa shape index (κ1) is 11.3. The van der Waals surface area contributed by atoms with Gasteiger partial charge in [0.05, 0.1) is 0 Å². The lowest BCUT2D eigenvalue weighted by molar-refractivity contribution is 0.856. The van der Waals surface area contributed by atoms with Crippen molar-refractivity contribution >= 4 is 0 Å². The van der Waals surface area contributed by atoms with E-state index < -0.39 is 0 Å². The third kappa shape index (κ3) is 2.39. The topological polar surface area (TPSA) is 90.2 Å². The Labute approximate surface area is 108 Å². The second-order valence-corrected chi connectivity index (χ2v) is 3.84. The molecular formula is C12H9N7. The van der Waals surface area contributed by atoms with Gasteiger partial charge in [0.15, 0.2) is 0 Å². The van der Waals surface area contributed by atoms with Crippen LogP contribution in [0.2, 0.25) is 0 Å². The summed E-state index contributed by atoms with van der Waals surface area (Å²) in [5.74, 6) is 1.06. The van der Waals surface area contributed by atoms with Gasteiger partial charge in [-0.15, -0.1) is 20.4 Å². The molecule has 0 amide bonds. The Hall–Kier alpha value is -2.83. The van der Waals surface area contributed by atoms with Gasteiger partial charge in [-0.2, -0.15) is 0 Å². The van der Waals surface area contributed by atoms with Gasteiger partial charge in [0.25, 0.3) is 0 Å². The van der Waals surface area contributed by atoms with Crippen molar-refractivity contribution in [3.63, 3.8) is 0 Å². The fraction of sp³-hybridized carbons (Fsp3) is 0.0833. The molecule has 0 aliphatic rings. The molecule has 7 nitrogen and oxygen atoms in total. The van der Waals surface area contributed by atoms with Gasteiger partial charge in [0.2, 0.25) is 17.5 Å². The first-order chi connectivity index (χ1) is 9.33. The van der Waals surface area contributed by atoms with Crippen molar-refractivity contribution in [3.8, 4) is 23.2 Å². The summed E-state index contributed by atoms with van der Waals surface area (Å²) in [6.07, 6.45) is 4.97. The van der Waals surface area contributed by atoms with Gasteiger partial charge in [-0.05, 0) is 24.6 Å². The zero-order chi connectivity index (χ0) is 13.1. The fourth-order valence-electron chi connectivity index (χ4n) is 1.44. The lowest BCUT2D eigenvalue weighted by Crippen LogP contribution is -2.02. The Bertz CT molecular complexity index is 665. The van der Waals surface area contributed by atoms with Crippen molar-refractivity contribution in [3.05, 3.63) is 42.4 Å². The van der Waals surface area contributed by atoms with E-state index in [4.69, 9.17) is 0 Å². The van der Waals surface area contributed by atoms with Gasteiger partial charge in [0.1, 0.15) is 5.69 Å². The molecule has 3 rings (SSSR count).